The fraction of sp³-hybridized carbons (Fsp3) is 0.333. The number of nitrogens with zero attached hydrogens (tertiary/aromatic N) is 1. The van der Waals surface area contributed by atoms with Crippen LogP contribution in [0.3, 0.4) is 0 Å². The van der Waals surface area contributed by atoms with Gasteiger partial charge in [-0.3, -0.25) is 9.89 Å². The number of rotatable bonds is 5. The van der Waals surface area contributed by atoms with E-state index in [1.54, 1.807) is 0 Å². The Bertz CT molecular complexity index is 717. The Kier molecular flexibility index (Phi) is 4.52. The van der Waals surface area contributed by atoms with Gasteiger partial charge in [-0.1, -0.05) is 0 Å². The molecule has 1 amide bonds. The Morgan fingerprint density at radius 2 is 2.22 bits per heavy atom. The van der Waals surface area contributed by atoms with Crippen LogP contribution in [0.5, 0.6) is 5.75 Å². The predicted octanol–water partition coefficient (Wildman–Crippen LogP) is 1.14. The van der Waals surface area contributed by atoms with E-state index in [4.69, 9.17) is 4.74 Å². The maximum Gasteiger partial charge on any atom is 0.272 e. The Labute approximate surface area is 131 Å². The number of hydrogen-bond donors (Lipinski definition) is 3. The third kappa shape index (κ3) is 3.48. The van der Waals surface area contributed by atoms with E-state index < -0.39 is 11.6 Å². The molecule has 0 atom stereocenters. The summed E-state index contributed by atoms with van der Waals surface area (Å²) in [5, 5.41) is 12.8. The summed E-state index contributed by atoms with van der Waals surface area (Å²) < 4.78 is 31.1. The number of carbonyl (C=O) groups excluding carboxylic acids is 1. The lowest BCUT2D eigenvalue weighted by Crippen LogP contribution is -2.31. The van der Waals surface area contributed by atoms with Crippen LogP contribution < -0.4 is 15.4 Å². The minimum Gasteiger partial charge on any atom is -0.492 e. The average molecular weight is 322 g/mol. The summed E-state index contributed by atoms with van der Waals surface area (Å²) in [6.07, 6.45) is 0.814. The zero-order valence-electron chi connectivity index (χ0n) is 12.3. The molecular formula is C15H16F2N4O2. The van der Waals surface area contributed by atoms with Gasteiger partial charge in [0.2, 0.25) is 0 Å². The van der Waals surface area contributed by atoms with Crippen LogP contribution in [0, 0.1) is 11.6 Å². The molecule has 122 valence electrons. The van der Waals surface area contributed by atoms with Gasteiger partial charge in [-0.05, 0) is 12.1 Å². The van der Waals surface area contributed by atoms with Gasteiger partial charge in [-0.25, -0.2) is 8.78 Å². The average Bonchev–Trinajstić information content (AvgIpc) is 2.99. The van der Waals surface area contributed by atoms with Gasteiger partial charge < -0.3 is 15.4 Å². The summed E-state index contributed by atoms with van der Waals surface area (Å²) in [6, 6.07) is 3.29. The van der Waals surface area contributed by atoms with Crippen molar-refractivity contribution in [1.29, 1.82) is 0 Å². The van der Waals surface area contributed by atoms with Crippen molar-refractivity contribution in [1.82, 2.24) is 20.8 Å². The highest BCUT2D eigenvalue weighted by Crippen LogP contribution is 2.16. The fourth-order valence-corrected chi connectivity index (χ4v) is 2.40. The van der Waals surface area contributed by atoms with Gasteiger partial charge in [0.25, 0.3) is 5.91 Å². The van der Waals surface area contributed by atoms with Crippen molar-refractivity contribution in [2.24, 2.45) is 0 Å². The van der Waals surface area contributed by atoms with Crippen molar-refractivity contribution in [2.75, 3.05) is 19.7 Å². The third-order valence-corrected chi connectivity index (χ3v) is 3.57. The van der Waals surface area contributed by atoms with Crippen molar-refractivity contribution < 1.29 is 18.3 Å². The van der Waals surface area contributed by atoms with Gasteiger partial charge in [-0.2, -0.15) is 5.10 Å². The molecule has 1 aliphatic rings. The number of H-pyrrole nitrogens is 1. The molecule has 6 nitrogen and oxygen atoms in total. The van der Waals surface area contributed by atoms with Crippen LogP contribution in [0.15, 0.2) is 18.2 Å². The van der Waals surface area contributed by atoms with E-state index >= 15 is 0 Å². The van der Waals surface area contributed by atoms with Gasteiger partial charge in [0.05, 0.1) is 6.54 Å². The zero-order valence-corrected chi connectivity index (χ0v) is 12.3. The molecular weight excluding hydrogens is 306 g/mol. The first kappa shape index (κ1) is 15.4. The second kappa shape index (κ2) is 6.74. The highest BCUT2D eigenvalue weighted by Gasteiger charge is 2.21. The van der Waals surface area contributed by atoms with E-state index in [0.29, 0.717) is 12.2 Å². The summed E-state index contributed by atoms with van der Waals surface area (Å²) in [5.41, 5.74) is 2.24. The Balaban J connectivity index is 1.49. The number of carbonyl (C=O) groups is 1. The van der Waals surface area contributed by atoms with E-state index in [2.05, 4.69) is 20.8 Å². The molecule has 2 aromatic rings. The summed E-state index contributed by atoms with van der Waals surface area (Å²) in [4.78, 5) is 12.1. The van der Waals surface area contributed by atoms with Crippen molar-refractivity contribution in [3.8, 4) is 5.75 Å². The van der Waals surface area contributed by atoms with Crippen LogP contribution in [-0.2, 0) is 13.0 Å². The molecule has 2 heterocycles. The minimum absolute atomic E-state index is 0.141. The maximum absolute atomic E-state index is 13.0. The SMILES string of the molecule is O=C(NCCOc1ccc(F)c(F)c1)c1n[nH]c2c1CNCC2. The Hall–Kier alpha value is -2.48. The predicted molar refractivity (Wildman–Crippen MR) is 78.2 cm³/mol. The third-order valence-electron chi connectivity index (χ3n) is 3.57. The van der Waals surface area contributed by atoms with Crippen molar-refractivity contribution in [2.45, 2.75) is 13.0 Å². The first-order valence-electron chi connectivity index (χ1n) is 7.28. The molecule has 8 heteroatoms. The summed E-state index contributed by atoms with van der Waals surface area (Å²) in [6.45, 7) is 1.84. The van der Waals surface area contributed by atoms with Gasteiger partial charge in [0.15, 0.2) is 17.3 Å². The summed E-state index contributed by atoms with van der Waals surface area (Å²) >= 11 is 0. The van der Waals surface area contributed by atoms with Gasteiger partial charge >= 0.3 is 0 Å². The highest BCUT2D eigenvalue weighted by atomic mass is 19.2. The maximum atomic E-state index is 13.0. The zero-order chi connectivity index (χ0) is 16.2. The van der Waals surface area contributed by atoms with Crippen molar-refractivity contribution in [3.63, 3.8) is 0 Å². The minimum atomic E-state index is -0.970. The molecule has 0 bridgehead atoms. The van der Waals surface area contributed by atoms with E-state index in [-0.39, 0.29) is 24.8 Å². The molecule has 0 spiro atoms. The largest absolute Gasteiger partial charge is 0.492 e. The molecule has 1 aromatic heterocycles. The molecule has 0 unspecified atom stereocenters. The standard InChI is InChI=1S/C15H16F2N4O2/c16-11-2-1-9(7-12(11)17)23-6-5-19-15(22)14-10-8-18-4-3-13(10)20-21-14/h1-2,7,18H,3-6,8H2,(H,19,22)(H,20,21). The van der Waals surface area contributed by atoms with Crippen molar-refractivity contribution >= 4 is 5.91 Å². The van der Waals surface area contributed by atoms with E-state index in [1.165, 1.54) is 6.07 Å². The normalized spacial score (nSPS) is 13.5. The molecule has 0 saturated heterocycles. The van der Waals surface area contributed by atoms with E-state index in [9.17, 15) is 13.6 Å². The molecule has 3 rings (SSSR count). The van der Waals surface area contributed by atoms with Crippen LogP contribution in [0.25, 0.3) is 0 Å². The number of aromatic amines is 1. The van der Waals surface area contributed by atoms with E-state index in [1.807, 2.05) is 0 Å². The monoisotopic (exact) mass is 322 g/mol. The lowest BCUT2D eigenvalue weighted by Gasteiger charge is -2.13. The first-order valence-corrected chi connectivity index (χ1v) is 7.28. The number of ether oxygens (including phenoxy) is 1. The molecule has 0 saturated carbocycles. The van der Waals surface area contributed by atoms with Crippen molar-refractivity contribution in [3.05, 3.63) is 46.8 Å². The van der Waals surface area contributed by atoms with Crippen LogP contribution in [0.2, 0.25) is 0 Å². The van der Waals surface area contributed by atoms with Crippen LogP contribution in [0.4, 0.5) is 8.78 Å². The number of nitrogens with one attached hydrogen (secondary N) is 3. The molecule has 3 N–H and O–H groups in total. The number of hydrogen-bond acceptors (Lipinski definition) is 4. The first-order chi connectivity index (χ1) is 11.1. The number of fused-ring (bicyclic) bond motifs is 1. The topological polar surface area (TPSA) is 79.0 Å². The Morgan fingerprint density at radius 1 is 1.35 bits per heavy atom. The molecule has 0 fully saturated rings. The van der Waals surface area contributed by atoms with Crippen LogP contribution in [-0.4, -0.2) is 35.8 Å². The fourth-order valence-electron chi connectivity index (χ4n) is 2.40. The molecule has 0 aliphatic carbocycles. The number of amides is 1. The van der Waals surface area contributed by atoms with E-state index in [0.717, 1.165) is 36.4 Å². The molecule has 23 heavy (non-hydrogen) atoms. The number of aromatic nitrogens is 2. The molecule has 1 aromatic carbocycles. The van der Waals surface area contributed by atoms with Crippen LogP contribution in [0.1, 0.15) is 21.7 Å². The number of halogens is 2. The lowest BCUT2D eigenvalue weighted by molar-refractivity contribution is 0.0940. The van der Waals surface area contributed by atoms with Crippen LogP contribution >= 0.6 is 0 Å². The molecule has 1 aliphatic heterocycles. The molecule has 0 radical (unpaired) electrons. The number of benzene rings is 1. The smallest absolute Gasteiger partial charge is 0.272 e. The second-order valence-corrected chi connectivity index (χ2v) is 5.14. The summed E-state index contributed by atoms with van der Waals surface area (Å²) in [7, 11) is 0. The second-order valence-electron chi connectivity index (χ2n) is 5.14. The van der Waals surface area contributed by atoms with Gasteiger partial charge in [-0.15, -0.1) is 0 Å². The quantitative estimate of drug-likeness (QED) is 0.722. The summed E-state index contributed by atoms with van der Waals surface area (Å²) in [5.74, 6) is -1.98. The van der Waals surface area contributed by atoms with Gasteiger partial charge in [0.1, 0.15) is 12.4 Å². The highest BCUT2D eigenvalue weighted by molar-refractivity contribution is 5.94. The lowest BCUT2D eigenvalue weighted by atomic mass is 10.1. The Morgan fingerprint density at radius 3 is 3.04 bits per heavy atom. The van der Waals surface area contributed by atoms with Gasteiger partial charge in [0, 0.05) is 36.8 Å².